The molecule has 0 spiro atoms. The fourth-order valence-corrected chi connectivity index (χ4v) is 7.53. The Morgan fingerprint density at radius 2 is 1.00 bits per heavy atom. The molecule has 0 atom stereocenters. The summed E-state index contributed by atoms with van der Waals surface area (Å²) in [6.45, 7) is 0. The molecule has 0 saturated carbocycles. The Bertz CT molecular complexity index is 428. The zero-order valence-corrected chi connectivity index (χ0v) is 10.9. The minimum Gasteiger partial charge on any atom is -0.0620 e. The van der Waals surface area contributed by atoms with Crippen LogP contribution in [0.2, 0.25) is 0 Å². The van der Waals surface area contributed by atoms with Crippen molar-refractivity contribution in [3.63, 3.8) is 0 Å². The molecule has 0 amide bonds. The van der Waals surface area contributed by atoms with Gasteiger partial charge in [-0.1, -0.05) is 36.4 Å². The lowest BCUT2D eigenvalue weighted by Crippen LogP contribution is -2.23. The molecule has 0 nitrogen and oxygen atoms in total. The van der Waals surface area contributed by atoms with Gasteiger partial charge in [-0.3, -0.25) is 0 Å². The summed E-state index contributed by atoms with van der Waals surface area (Å²) in [4.78, 5) is 0. The van der Waals surface area contributed by atoms with E-state index in [2.05, 4.69) is 60.7 Å². The summed E-state index contributed by atoms with van der Waals surface area (Å²) < 4.78 is 0. The van der Waals surface area contributed by atoms with Gasteiger partial charge in [0.1, 0.15) is 0 Å². The first-order chi connectivity index (χ1) is 8.42. The normalized spacial score (nSPS) is 18.1. The largest absolute Gasteiger partial charge is 0.0991 e. The molecule has 1 heteroatoms. The predicted octanol–water partition coefficient (Wildman–Crippen LogP) is 3.45. The van der Waals surface area contributed by atoms with Gasteiger partial charge in [0.05, 0.1) is 30.2 Å². The van der Waals surface area contributed by atoms with Gasteiger partial charge in [-0.25, -0.2) is 0 Å². The van der Waals surface area contributed by atoms with E-state index in [4.69, 9.17) is 0 Å². The molecule has 0 radical (unpaired) electrons. The van der Waals surface area contributed by atoms with Gasteiger partial charge in [0.25, 0.3) is 0 Å². The summed E-state index contributed by atoms with van der Waals surface area (Å²) >= 11 is 0. The van der Waals surface area contributed by atoms with E-state index in [0.717, 1.165) is 0 Å². The Labute approximate surface area is 104 Å². The van der Waals surface area contributed by atoms with Crippen LogP contribution >= 0.6 is 7.26 Å². The summed E-state index contributed by atoms with van der Waals surface area (Å²) in [6, 6.07) is 22.4. The molecule has 1 saturated heterocycles. The smallest absolute Gasteiger partial charge is 0.0620 e. The van der Waals surface area contributed by atoms with E-state index in [1.54, 1.807) is 10.6 Å². The molecule has 0 unspecified atom stereocenters. The molecular formula is C16H18P+. The molecule has 86 valence electrons. The van der Waals surface area contributed by atoms with Crippen LogP contribution in [0.4, 0.5) is 0 Å². The quantitative estimate of drug-likeness (QED) is 0.706. The molecule has 0 aromatic heterocycles. The third-order valence-corrected chi connectivity index (χ3v) is 8.56. The Kier molecular flexibility index (Phi) is 2.99. The summed E-state index contributed by atoms with van der Waals surface area (Å²) in [5, 5.41) is 3.20. The second-order valence-electron chi connectivity index (χ2n) is 4.79. The van der Waals surface area contributed by atoms with Crippen LogP contribution in [0.15, 0.2) is 60.7 Å². The highest BCUT2D eigenvalue weighted by Crippen LogP contribution is 2.61. The van der Waals surface area contributed by atoms with E-state index in [0.29, 0.717) is 0 Å². The lowest BCUT2D eigenvalue weighted by Gasteiger charge is -2.22. The first-order valence-corrected chi connectivity index (χ1v) is 8.56. The average molecular weight is 241 g/mol. The topological polar surface area (TPSA) is 0 Å². The maximum absolute atomic E-state index is 2.34. The van der Waals surface area contributed by atoms with Crippen LogP contribution in [0.5, 0.6) is 0 Å². The molecule has 0 aliphatic carbocycles. The molecule has 1 fully saturated rings. The van der Waals surface area contributed by atoms with Gasteiger partial charge in [-0.05, 0) is 37.1 Å². The summed E-state index contributed by atoms with van der Waals surface area (Å²) in [6.07, 6.45) is 5.61. The Morgan fingerprint density at radius 1 is 0.588 bits per heavy atom. The van der Waals surface area contributed by atoms with E-state index in [1.807, 2.05) is 0 Å². The molecule has 1 heterocycles. The highest BCUT2D eigenvalue weighted by atomic mass is 31.2. The highest BCUT2D eigenvalue weighted by molar-refractivity contribution is 7.89. The maximum Gasteiger partial charge on any atom is 0.0991 e. The van der Waals surface area contributed by atoms with Crippen LogP contribution in [0, 0.1) is 0 Å². The first kappa shape index (κ1) is 11.0. The van der Waals surface area contributed by atoms with Crippen LogP contribution in [-0.2, 0) is 0 Å². The summed E-state index contributed by atoms with van der Waals surface area (Å²) in [5.41, 5.74) is 0. The SMILES string of the molecule is c1ccc([P+]2(c3ccccc3)CCCC2)cc1. The minimum atomic E-state index is -1.05. The standard InChI is InChI=1S/C16H18P/c1-3-9-15(10-4-1)17(13-7-8-14-17)16-11-5-2-6-12-16/h1-6,9-12H,7-8,13-14H2/q+1. The molecule has 0 bridgehead atoms. The van der Waals surface area contributed by atoms with Crippen LogP contribution in [-0.4, -0.2) is 12.3 Å². The van der Waals surface area contributed by atoms with Crippen molar-refractivity contribution >= 4 is 17.9 Å². The second-order valence-corrected chi connectivity index (χ2v) is 8.66. The molecular weight excluding hydrogens is 223 g/mol. The highest BCUT2D eigenvalue weighted by Gasteiger charge is 2.45. The van der Waals surface area contributed by atoms with E-state index >= 15 is 0 Å². The summed E-state index contributed by atoms with van der Waals surface area (Å²) in [5.74, 6) is 0. The summed E-state index contributed by atoms with van der Waals surface area (Å²) in [7, 11) is -1.05. The van der Waals surface area contributed by atoms with E-state index in [1.165, 1.54) is 25.2 Å². The van der Waals surface area contributed by atoms with Crippen LogP contribution < -0.4 is 10.6 Å². The van der Waals surface area contributed by atoms with E-state index in [-0.39, 0.29) is 0 Å². The fraction of sp³-hybridized carbons (Fsp3) is 0.250. The number of rotatable bonds is 2. The van der Waals surface area contributed by atoms with Crippen molar-refractivity contribution in [2.45, 2.75) is 12.8 Å². The lowest BCUT2D eigenvalue weighted by molar-refractivity contribution is 0.949. The van der Waals surface area contributed by atoms with Crippen molar-refractivity contribution in [2.24, 2.45) is 0 Å². The van der Waals surface area contributed by atoms with Crippen molar-refractivity contribution < 1.29 is 0 Å². The van der Waals surface area contributed by atoms with Gasteiger partial charge in [-0.15, -0.1) is 0 Å². The molecule has 17 heavy (non-hydrogen) atoms. The third-order valence-electron chi connectivity index (χ3n) is 3.83. The Hall–Kier alpha value is -1.13. The molecule has 1 aliphatic rings. The molecule has 2 aromatic rings. The van der Waals surface area contributed by atoms with Crippen molar-refractivity contribution in [3.05, 3.63) is 60.7 Å². The van der Waals surface area contributed by atoms with E-state index < -0.39 is 7.26 Å². The van der Waals surface area contributed by atoms with Gasteiger partial charge in [-0.2, -0.15) is 0 Å². The Balaban J connectivity index is 2.11. The van der Waals surface area contributed by atoms with Crippen molar-refractivity contribution in [1.82, 2.24) is 0 Å². The van der Waals surface area contributed by atoms with Crippen LogP contribution in [0.3, 0.4) is 0 Å². The number of hydrogen-bond donors (Lipinski definition) is 0. The molecule has 1 aliphatic heterocycles. The fourth-order valence-electron chi connectivity index (χ4n) is 2.97. The second kappa shape index (κ2) is 4.63. The number of hydrogen-bond acceptors (Lipinski definition) is 0. The average Bonchev–Trinajstić information content (AvgIpc) is 2.91. The van der Waals surface area contributed by atoms with Crippen LogP contribution in [0.1, 0.15) is 12.8 Å². The minimum absolute atomic E-state index is 1.05. The lowest BCUT2D eigenvalue weighted by atomic mass is 10.4. The van der Waals surface area contributed by atoms with Gasteiger partial charge >= 0.3 is 0 Å². The maximum atomic E-state index is 2.34. The predicted molar refractivity (Wildman–Crippen MR) is 78.0 cm³/mol. The van der Waals surface area contributed by atoms with Gasteiger partial charge in [0.2, 0.25) is 0 Å². The monoisotopic (exact) mass is 241 g/mol. The zero-order valence-electron chi connectivity index (χ0n) is 10.0. The number of benzene rings is 2. The van der Waals surface area contributed by atoms with Crippen molar-refractivity contribution in [3.8, 4) is 0 Å². The molecule has 0 N–H and O–H groups in total. The first-order valence-electron chi connectivity index (χ1n) is 6.40. The van der Waals surface area contributed by atoms with Crippen molar-refractivity contribution in [1.29, 1.82) is 0 Å². The molecule has 3 rings (SSSR count). The van der Waals surface area contributed by atoms with E-state index in [9.17, 15) is 0 Å². The molecule has 2 aromatic carbocycles. The van der Waals surface area contributed by atoms with Crippen molar-refractivity contribution in [2.75, 3.05) is 12.3 Å². The Morgan fingerprint density at radius 3 is 1.41 bits per heavy atom. The van der Waals surface area contributed by atoms with Crippen LogP contribution in [0.25, 0.3) is 0 Å². The third kappa shape index (κ3) is 1.91. The van der Waals surface area contributed by atoms with Gasteiger partial charge in [0, 0.05) is 0 Å². The van der Waals surface area contributed by atoms with Gasteiger partial charge < -0.3 is 0 Å². The van der Waals surface area contributed by atoms with Gasteiger partial charge in [0.15, 0.2) is 0 Å². The zero-order chi connectivity index (χ0) is 11.6.